The molecule has 44 heavy (non-hydrogen) atoms. The molecule has 2 amide bonds. The molecule has 4 aromatic rings. The van der Waals surface area contributed by atoms with E-state index in [0.717, 1.165) is 15.4 Å². The van der Waals surface area contributed by atoms with Crippen molar-refractivity contribution in [3.63, 3.8) is 0 Å². The highest BCUT2D eigenvalue weighted by molar-refractivity contribution is 7.92. The number of hydrogen-bond donors (Lipinski definition) is 1. The number of aryl methyl sites for hydroxylation is 1. The molecule has 0 saturated carbocycles. The first-order chi connectivity index (χ1) is 21.0. The van der Waals surface area contributed by atoms with Gasteiger partial charge < -0.3 is 10.2 Å². The van der Waals surface area contributed by atoms with Crippen LogP contribution >= 0.6 is 34.8 Å². The van der Waals surface area contributed by atoms with E-state index in [4.69, 9.17) is 34.8 Å². The molecule has 0 aliphatic heterocycles. The summed E-state index contributed by atoms with van der Waals surface area (Å²) in [7, 11) is -4.27. The molecule has 0 aliphatic rings. The van der Waals surface area contributed by atoms with Crippen LogP contribution in [0.25, 0.3) is 0 Å². The molecule has 0 saturated heterocycles. The summed E-state index contributed by atoms with van der Waals surface area (Å²) in [5.74, 6) is -1.01. The highest BCUT2D eigenvalue weighted by Gasteiger charge is 2.35. The van der Waals surface area contributed by atoms with E-state index >= 15 is 0 Å². The predicted octanol–water partition coefficient (Wildman–Crippen LogP) is 6.93. The standard InChI is InChI=1S/C33H32Cl3N3O4S/c1-3-37-33(41)31(19-24-9-5-4-6-10-24)38(21-25-15-16-26(34)20-29(25)36)32(40)22-39(30-12-8-7-11-28(30)35)44(42,43)27-17-13-23(2)14-18-27/h4-18,20,31H,3,19,21-22H2,1-2H3,(H,37,41)/t31-/m1/s1. The third kappa shape index (κ3) is 8.12. The second kappa shape index (κ2) is 14.9. The van der Waals surface area contributed by atoms with Crippen molar-refractivity contribution in [2.75, 3.05) is 17.4 Å². The number of carbonyl (C=O) groups is 2. The number of amides is 2. The molecule has 4 aromatic carbocycles. The minimum absolute atomic E-state index is 0.00678. The molecule has 7 nitrogen and oxygen atoms in total. The van der Waals surface area contributed by atoms with Gasteiger partial charge in [-0.25, -0.2) is 8.42 Å². The lowest BCUT2D eigenvalue weighted by Gasteiger charge is -2.34. The van der Waals surface area contributed by atoms with Gasteiger partial charge in [-0.15, -0.1) is 0 Å². The minimum Gasteiger partial charge on any atom is -0.355 e. The van der Waals surface area contributed by atoms with Gasteiger partial charge in [0, 0.05) is 29.6 Å². The number of nitrogens with one attached hydrogen (secondary N) is 1. The maximum Gasteiger partial charge on any atom is 0.264 e. The summed E-state index contributed by atoms with van der Waals surface area (Å²) in [5, 5.41) is 3.69. The predicted molar refractivity (Wildman–Crippen MR) is 177 cm³/mol. The molecule has 0 spiro atoms. The Morgan fingerprint density at radius 2 is 1.50 bits per heavy atom. The van der Waals surface area contributed by atoms with Crippen LogP contribution in [-0.4, -0.2) is 44.3 Å². The van der Waals surface area contributed by atoms with Crippen LogP contribution in [0.2, 0.25) is 15.1 Å². The highest BCUT2D eigenvalue weighted by Crippen LogP contribution is 2.31. The summed E-state index contributed by atoms with van der Waals surface area (Å²) in [5.41, 5.74) is 2.36. The summed E-state index contributed by atoms with van der Waals surface area (Å²) in [6, 6.07) is 25.9. The zero-order valence-corrected chi connectivity index (χ0v) is 27.3. The van der Waals surface area contributed by atoms with Crippen LogP contribution in [0.15, 0.2) is 102 Å². The molecular weight excluding hydrogens is 641 g/mol. The monoisotopic (exact) mass is 671 g/mol. The quantitative estimate of drug-likeness (QED) is 0.177. The number of halogens is 3. The smallest absolute Gasteiger partial charge is 0.264 e. The maximum atomic E-state index is 14.4. The van der Waals surface area contributed by atoms with Crippen LogP contribution in [0.4, 0.5) is 5.69 Å². The molecule has 0 heterocycles. The highest BCUT2D eigenvalue weighted by atomic mass is 35.5. The van der Waals surface area contributed by atoms with Gasteiger partial charge in [-0.3, -0.25) is 13.9 Å². The Bertz CT molecular complexity index is 1720. The van der Waals surface area contributed by atoms with Gasteiger partial charge in [0.1, 0.15) is 12.6 Å². The molecule has 1 atom stereocenters. The number of nitrogens with zero attached hydrogens (tertiary/aromatic N) is 2. The Balaban J connectivity index is 1.82. The lowest BCUT2D eigenvalue weighted by atomic mass is 10.0. The Hall–Kier alpha value is -3.56. The molecule has 4 rings (SSSR count). The van der Waals surface area contributed by atoms with Gasteiger partial charge in [-0.05, 0) is 61.4 Å². The molecule has 0 bridgehead atoms. The van der Waals surface area contributed by atoms with E-state index in [2.05, 4.69) is 5.32 Å². The molecule has 0 aromatic heterocycles. The zero-order chi connectivity index (χ0) is 31.9. The summed E-state index contributed by atoms with van der Waals surface area (Å²) in [4.78, 5) is 29.3. The van der Waals surface area contributed by atoms with E-state index in [-0.39, 0.29) is 34.5 Å². The Morgan fingerprint density at radius 1 is 0.841 bits per heavy atom. The largest absolute Gasteiger partial charge is 0.355 e. The first-order valence-corrected chi connectivity index (χ1v) is 16.5. The lowest BCUT2D eigenvalue weighted by Crippen LogP contribution is -2.53. The third-order valence-corrected chi connectivity index (χ3v) is 9.67. The van der Waals surface area contributed by atoms with E-state index in [1.54, 1.807) is 55.5 Å². The van der Waals surface area contributed by atoms with E-state index in [1.807, 2.05) is 37.3 Å². The SMILES string of the molecule is CCNC(=O)[C@@H](Cc1ccccc1)N(Cc1ccc(Cl)cc1Cl)C(=O)CN(c1ccccc1Cl)S(=O)(=O)c1ccc(C)cc1. The Kier molecular flexibility index (Phi) is 11.3. The van der Waals surface area contributed by atoms with Crippen molar-refractivity contribution < 1.29 is 18.0 Å². The first kappa shape index (κ1) is 33.3. The van der Waals surface area contributed by atoms with Crippen molar-refractivity contribution in [3.8, 4) is 0 Å². The van der Waals surface area contributed by atoms with Crippen molar-refractivity contribution in [2.45, 2.75) is 37.8 Å². The van der Waals surface area contributed by atoms with Crippen LogP contribution < -0.4 is 9.62 Å². The summed E-state index contributed by atoms with van der Waals surface area (Å²) in [6.07, 6.45) is 0.181. The number of sulfonamides is 1. The van der Waals surface area contributed by atoms with Gasteiger partial charge in [0.2, 0.25) is 11.8 Å². The summed E-state index contributed by atoms with van der Waals surface area (Å²) >= 11 is 19.2. The molecule has 0 radical (unpaired) electrons. The number of para-hydroxylation sites is 1. The first-order valence-electron chi connectivity index (χ1n) is 13.9. The van der Waals surface area contributed by atoms with Crippen LogP contribution in [0.5, 0.6) is 0 Å². The van der Waals surface area contributed by atoms with Gasteiger partial charge in [0.05, 0.1) is 15.6 Å². The fraction of sp³-hybridized carbons (Fsp3) is 0.212. The second-order valence-corrected chi connectivity index (χ2v) is 13.2. The molecule has 230 valence electrons. The fourth-order valence-corrected chi connectivity index (χ4v) is 6.87. The van der Waals surface area contributed by atoms with E-state index in [0.29, 0.717) is 22.2 Å². The van der Waals surface area contributed by atoms with Crippen molar-refractivity contribution in [2.24, 2.45) is 0 Å². The number of benzene rings is 4. The topological polar surface area (TPSA) is 86.8 Å². The average Bonchev–Trinajstić information content (AvgIpc) is 3.00. The van der Waals surface area contributed by atoms with Crippen molar-refractivity contribution >= 4 is 62.3 Å². The lowest BCUT2D eigenvalue weighted by molar-refractivity contribution is -0.140. The van der Waals surface area contributed by atoms with Gasteiger partial charge >= 0.3 is 0 Å². The molecule has 11 heteroatoms. The van der Waals surface area contributed by atoms with E-state index in [9.17, 15) is 18.0 Å². The normalized spacial score (nSPS) is 11.9. The minimum atomic E-state index is -4.27. The molecule has 0 fully saturated rings. The average molecular weight is 673 g/mol. The van der Waals surface area contributed by atoms with Gasteiger partial charge in [-0.2, -0.15) is 0 Å². The Labute approximate surface area is 273 Å². The summed E-state index contributed by atoms with van der Waals surface area (Å²) in [6.45, 7) is 3.26. The van der Waals surface area contributed by atoms with Gasteiger partial charge in [-0.1, -0.05) is 101 Å². The van der Waals surface area contributed by atoms with Gasteiger partial charge in [0.15, 0.2) is 0 Å². The maximum absolute atomic E-state index is 14.4. The second-order valence-electron chi connectivity index (χ2n) is 10.1. The van der Waals surface area contributed by atoms with Crippen molar-refractivity contribution in [3.05, 3.63) is 129 Å². The number of hydrogen-bond acceptors (Lipinski definition) is 4. The number of rotatable bonds is 12. The van der Waals surface area contributed by atoms with Crippen molar-refractivity contribution in [1.82, 2.24) is 10.2 Å². The molecule has 1 N–H and O–H groups in total. The van der Waals surface area contributed by atoms with Gasteiger partial charge in [0.25, 0.3) is 10.0 Å². The number of likely N-dealkylation sites (N-methyl/N-ethyl adjacent to an activating group) is 1. The third-order valence-electron chi connectivity index (χ3n) is 6.99. The van der Waals surface area contributed by atoms with Crippen LogP contribution in [-0.2, 0) is 32.6 Å². The van der Waals surface area contributed by atoms with Crippen molar-refractivity contribution in [1.29, 1.82) is 0 Å². The van der Waals surface area contributed by atoms with E-state index in [1.165, 1.54) is 23.1 Å². The molecule has 0 aliphatic carbocycles. The van der Waals surface area contributed by atoms with Crippen LogP contribution in [0, 0.1) is 6.92 Å². The number of anilines is 1. The van der Waals surface area contributed by atoms with E-state index < -0.39 is 28.5 Å². The molecule has 0 unspecified atom stereocenters. The number of carbonyl (C=O) groups excluding carboxylic acids is 2. The van der Waals surface area contributed by atoms with Crippen LogP contribution in [0.3, 0.4) is 0 Å². The summed E-state index contributed by atoms with van der Waals surface area (Å²) < 4.78 is 29.1. The molecular formula is C33H32Cl3N3O4S. The fourth-order valence-electron chi connectivity index (χ4n) is 4.68. The zero-order valence-electron chi connectivity index (χ0n) is 24.2. The van der Waals surface area contributed by atoms with Crippen LogP contribution in [0.1, 0.15) is 23.6 Å². The Morgan fingerprint density at radius 3 is 2.14 bits per heavy atom.